The number of anilines is 1. The minimum Gasteiger partial charge on any atom is -0.364 e. The Hall–Kier alpha value is -1.81. The lowest BCUT2D eigenvalue weighted by Gasteiger charge is -2.39. The summed E-state index contributed by atoms with van der Waals surface area (Å²) >= 11 is 2.46. The van der Waals surface area contributed by atoms with E-state index in [0.717, 1.165) is 19.4 Å². The van der Waals surface area contributed by atoms with Crippen molar-refractivity contribution in [2.24, 2.45) is 0 Å². The van der Waals surface area contributed by atoms with E-state index in [2.05, 4.69) is 106 Å². The van der Waals surface area contributed by atoms with Crippen LogP contribution in [0.3, 0.4) is 0 Å². The molecule has 0 aromatic heterocycles. The fourth-order valence-electron chi connectivity index (χ4n) is 3.67. The number of fused-ring (bicyclic) bond motifs is 1. The second kappa shape index (κ2) is 6.98. The Morgan fingerprint density at radius 1 is 0.833 bits per heavy atom. The van der Waals surface area contributed by atoms with Crippen molar-refractivity contribution in [3.05, 3.63) is 99.1 Å². The zero-order valence-electron chi connectivity index (χ0n) is 13.5. The lowest BCUT2D eigenvalue weighted by atomic mass is 9.88. The molecular weight excluding hydrogens is 405 g/mol. The summed E-state index contributed by atoms with van der Waals surface area (Å²) in [6.45, 7) is 1.08. The summed E-state index contributed by atoms with van der Waals surface area (Å²) < 4.78 is 1.35. The van der Waals surface area contributed by atoms with Gasteiger partial charge in [0.15, 0.2) is 0 Å². The van der Waals surface area contributed by atoms with Gasteiger partial charge in [0.2, 0.25) is 0 Å². The average molecular weight is 425 g/mol. The molecular formula is C22H20IN. The van der Waals surface area contributed by atoms with Crippen LogP contribution >= 0.6 is 22.6 Å². The van der Waals surface area contributed by atoms with Crippen LogP contribution in [0.2, 0.25) is 0 Å². The molecule has 1 aliphatic rings. The maximum atomic E-state index is 2.57. The summed E-state index contributed by atoms with van der Waals surface area (Å²) in [6, 6.07) is 28.9. The SMILES string of the molecule is Ic1ccccc1CC1c2ccccc2CCN1c1ccccc1. The summed E-state index contributed by atoms with van der Waals surface area (Å²) in [7, 11) is 0. The minimum atomic E-state index is 0.397. The van der Waals surface area contributed by atoms with Crippen LogP contribution in [0.25, 0.3) is 0 Å². The van der Waals surface area contributed by atoms with Crippen molar-refractivity contribution in [1.29, 1.82) is 0 Å². The number of para-hydroxylation sites is 1. The third kappa shape index (κ3) is 3.07. The van der Waals surface area contributed by atoms with Gasteiger partial charge in [0.1, 0.15) is 0 Å². The van der Waals surface area contributed by atoms with Gasteiger partial charge in [0.05, 0.1) is 6.04 Å². The van der Waals surface area contributed by atoms with E-state index in [1.165, 1.54) is 25.9 Å². The highest BCUT2D eigenvalue weighted by Crippen LogP contribution is 2.36. The molecule has 0 aliphatic carbocycles. The van der Waals surface area contributed by atoms with Gasteiger partial charge in [-0.2, -0.15) is 0 Å². The van der Waals surface area contributed by atoms with Gasteiger partial charge in [-0.15, -0.1) is 0 Å². The molecule has 1 aliphatic heterocycles. The van der Waals surface area contributed by atoms with E-state index in [9.17, 15) is 0 Å². The van der Waals surface area contributed by atoms with Crippen LogP contribution in [-0.4, -0.2) is 6.54 Å². The maximum Gasteiger partial charge on any atom is 0.0585 e. The molecule has 0 amide bonds. The fraction of sp³-hybridized carbons (Fsp3) is 0.182. The highest BCUT2D eigenvalue weighted by Gasteiger charge is 2.27. The highest BCUT2D eigenvalue weighted by molar-refractivity contribution is 14.1. The summed E-state index contributed by atoms with van der Waals surface area (Å²) in [6.07, 6.45) is 2.17. The molecule has 3 aromatic rings. The van der Waals surface area contributed by atoms with Crippen LogP contribution in [0.1, 0.15) is 22.7 Å². The molecule has 1 heterocycles. The Balaban J connectivity index is 1.76. The van der Waals surface area contributed by atoms with Crippen LogP contribution in [0.4, 0.5) is 5.69 Å². The summed E-state index contributed by atoms with van der Waals surface area (Å²) in [5, 5.41) is 0. The van der Waals surface area contributed by atoms with Crippen LogP contribution in [0.5, 0.6) is 0 Å². The second-order valence-electron chi connectivity index (χ2n) is 6.29. The molecule has 1 nitrogen and oxygen atoms in total. The Kier molecular flexibility index (Phi) is 4.56. The Morgan fingerprint density at radius 3 is 2.38 bits per heavy atom. The van der Waals surface area contributed by atoms with Crippen LogP contribution in [-0.2, 0) is 12.8 Å². The van der Waals surface area contributed by atoms with E-state index in [1.807, 2.05) is 0 Å². The van der Waals surface area contributed by atoms with Gasteiger partial charge >= 0.3 is 0 Å². The number of halogens is 1. The average Bonchev–Trinajstić information content (AvgIpc) is 2.64. The number of hydrogen-bond acceptors (Lipinski definition) is 1. The topological polar surface area (TPSA) is 3.24 Å². The van der Waals surface area contributed by atoms with E-state index in [-0.39, 0.29) is 0 Å². The molecule has 0 N–H and O–H groups in total. The summed E-state index contributed by atoms with van der Waals surface area (Å²) in [5.41, 5.74) is 5.73. The Bertz CT molecular complexity index is 828. The Labute approximate surface area is 157 Å². The van der Waals surface area contributed by atoms with E-state index < -0.39 is 0 Å². The molecule has 0 spiro atoms. The first kappa shape index (κ1) is 15.7. The van der Waals surface area contributed by atoms with Crippen LogP contribution < -0.4 is 4.90 Å². The quantitative estimate of drug-likeness (QED) is 0.491. The molecule has 0 radical (unpaired) electrons. The molecule has 1 atom stereocenters. The van der Waals surface area contributed by atoms with Crippen LogP contribution in [0.15, 0.2) is 78.9 Å². The molecule has 0 saturated heterocycles. The van der Waals surface area contributed by atoms with E-state index in [0.29, 0.717) is 6.04 Å². The van der Waals surface area contributed by atoms with Crippen molar-refractivity contribution < 1.29 is 0 Å². The van der Waals surface area contributed by atoms with Gasteiger partial charge in [-0.3, -0.25) is 0 Å². The predicted octanol–water partition coefficient (Wildman–Crippen LogP) is 5.64. The summed E-state index contributed by atoms with van der Waals surface area (Å²) in [5.74, 6) is 0. The molecule has 2 heteroatoms. The van der Waals surface area contributed by atoms with Crippen molar-refractivity contribution in [2.75, 3.05) is 11.4 Å². The van der Waals surface area contributed by atoms with Gasteiger partial charge in [-0.1, -0.05) is 60.7 Å². The number of hydrogen-bond donors (Lipinski definition) is 0. The lowest BCUT2D eigenvalue weighted by Crippen LogP contribution is -2.36. The van der Waals surface area contributed by atoms with Gasteiger partial charge < -0.3 is 4.90 Å². The highest BCUT2D eigenvalue weighted by atomic mass is 127. The van der Waals surface area contributed by atoms with Crippen LogP contribution in [0, 0.1) is 3.57 Å². The van der Waals surface area contributed by atoms with Gasteiger partial charge in [-0.05, 0) is 70.3 Å². The standard InChI is InChI=1S/C22H20IN/c23-21-13-7-5-9-18(21)16-22-20-12-6-4-8-17(20)14-15-24(22)19-10-2-1-3-11-19/h1-13,22H,14-16H2. The third-order valence-electron chi connectivity index (χ3n) is 4.87. The van der Waals surface area contributed by atoms with Gasteiger partial charge in [0.25, 0.3) is 0 Å². The summed E-state index contributed by atoms with van der Waals surface area (Å²) in [4.78, 5) is 2.57. The molecule has 24 heavy (non-hydrogen) atoms. The van der Waals surface area contributed by atoms with Crippen molar-refractivity contribution in [3.8, 4) is 0 Å². The molecule has 4 rings (SSSR count). The monoisotopic (exact) mass is 425 g/mol. The normalized spacial score (nSPS) is 16.7. The van der Waals surface area contributed by atoms with Crippen molar-refractivity contribution in [1.82, 2.24) is 0 Å². The maximum absolute atomic E-state index is 2.57. The third-order valence-corrected chi connectivity index (χ3v) is 5.92. The Morgan fingerprint density at radius 2 is 1.54 bits per heavy atom. The molecule has 120 valence electrons. The molecule has 0 saturated carbocycles. The molecule has 1 unspecified atom stereocenters. The number of rotatable bonds is 3. The second-order valence-corrected chi connectivity index (χ2v) is 7.45. The number of nitrogens with zero attached hydrogens (tertiary/aromatic N) is 1. The first-order chi connectivity index (χ1) is 11.8. The van der Waals surface area contributed by atoms with Gasteiger partial charge in [-0.25, -0.2) is 0 Å². The largest absolute Gasteiger partial charge is 0.364 e. The van der Waals surface area contributed by atoms with Crippen molar-refractivity contribution >= 4 is 28.3 Å². The predicted molar refractivity (Wildman–Crippen MR) is 110 cm³/mol. The smallest absolute Gasteiger partial charge is 0.0585 e. The van der Waals surface area contributed by atoms with Crippen molar-refractivity contribution in [3.63, 3.8) is 0 Å². The van der Waals surface area contributed by atoms with Crippen molar-refractivity contribution in [2.45, 2.75) is 18.9 Å². The zero-order chi connectivity index (χ0) is 16.4. The van der Waals surface area contributed by atoms with E-state index in [1.54, 1.807) is 0 Å². The first-order valence-corrected chi connectivity index (χ1v) is 9.54. The van der Waals surface area contributed by atoms with Gasteiger partial charge in [0, 0.05) is 15.8 Å². The minimum absolute atomic E-state index is 0.397. The molecule has 0 bridgehead atoms. The van der Waals surface area contributed by atoms with E-state index >= 15 is 0 Å². The molecule has 0 fully saturated rings. The zero-order valence-corrected chi connectivity index (χ0v) is 15.7. The molecule has 3 aromatic carbocycles. The lowest BCUT2D eigenvalue weighted by molar-refractivity contribution is 0.579. The van der Waals surface area contributed by atoms with E-state index in [4.69, 9.17) is 0 Å². The number of benzene rings is 3. The first-order valence-electron chi connectivity index (χ1n) is 8.46. The fourth-order valence-corrected chi connectivity index (χ4v) is 4.28.